The fourth-order valence-electron chi connectivity index (χ4n) is 2.19. The number of hydrogen-bond donors (Lipinski definition) is 0. The van der Waals surface area contributed by atoms with E-state index in [0.29, 0.717) is 6.42 Å². The van der Waals surface area contributed by atoms with Gasteiger partial charge in [0.15, 0.2) is 0 Å². The largest absolute Gasteiger partial charge is 0.338 e. The van der Waals surface area contributed by atoms with Crippen LogP contribution < -0.4 is 0 Å². The van der Waals surface area contributed by atoms with E-state index >= 15 is 0 Å². The van der Waals surface area contributed by atoms with E-state index in [1.165, 1.54) is 17.3 Å². The van der Waals surface area contributed by atoms with Gasteiger partial charge in [-0.15, -0.1) is 0 Å². The van der Waals surface area contributed by atoms with Crippen molar-refractivity contribution in [2.45, 2.75) is 32.4 Å². The van der Waals surface area contributed by atoms with Gasteiger partial charge in [0.2, 0.25) is 5.91 Å². The summed E-state index contributed by atoms with van der Waals surface area (Å²) in [5.41, 5.74) is 0. The van der Waals surface area contributed by atoms with Crippen molar-refractivity contribution >= 4 is 5.91 Å². The molecule has 0 radical (unpaired) electrons. The van der Waals surface area contributed by atoms with Crippen LogP contribution in [0.5, 0.6) is 0 Å². The van der Waals surface area contributed by atoms with Crippen LogP contribution in [0.3, 0.4) is 0 Å². The van der Waals surface area contributed by atoms with E-state index in [1.54, 1.807) is 7.05 Å². The average Bonchev–Trinajstić information content (AvgIpc) is 2.99. The fourth-order valence-corrected chi connectivity index (χ4v) is 2.19. The van der Waals surface area contributed by atoms with Crippen molar-refractivity contribution in [1.82, 2.24) is 14.5 Å². The first-order valence-corrected chi connectivity index (χ1v) is 6.28. The highest BCUT2D eigenvalue weighted by molar-refractivity contribution is 5.76. The van der Waals surface area contributed by atoms with Gasteiger partial charge in [0.1, 0.15) is 5.82 Å². The molecular weight excluding hydrogens is 252 g/mol. The molecule has 2 rings (SSSR count). The maximum atomic E-state index is 12.7. The maximum Gasteiger partial charge on any atom is 0.319 e. The second-order valence-corrected chi connectivity index (χ2v) is 4.75. The topological polar surface area (TPSA) is 38.1 Å². The highest BCUT2D eigenvalue weighted by Gasteiger charge is 2.19. The second kappa shape index (κ2) is 5.95. The van der Waals surface area contributed by atoms with Crippen molar-refractivity contribution in [3.63, 3.8) is 0 Å². The Bertz CT molecular complexity index is 470. The predicted octanol–water partition coefficient (Wildman–Crippen LogP) is 2.59. The molecule has 0 saturated heterocycles. The molecule has 19 heavy (non-hydrogen) atoms. The first kappa shape index (κ1) is 13.7. The zero-order chi connectivity index (χ0) is 13.8. The van der Waals surface area contributed by atoms with Crippen LogP contribution in [0.25, 0.3) is 0 Å². The number of hydrogen-bond acceptors (Lipinski definition) is 2. The van der Waals surface area contributed by atoms with E-state index in [1.807, 2.05) is 6.08 Å². The molecule has 1 aliphatic carbocycles. The Morgan fingerprint density at radius 1 is 1.63 bits per heavy atom. The lowest BCUT2D eigenvalue weighted by molar-refractivity contribution is -0.131. The minimum Gasteiger partial charge on any atom is -0.338 e. The second-order valence-electron chi connectivity index (χ2n) is 4.75. The van der Waals surface area contributed by atoms with Crippen LogP contribution in [0, 0.1) is 5.92 Å². The molecule has 1 heterocycles. The zero-order valence-corrected chi connectivity index (χ0v) is 10.8. The smallest absolute Gasteiger partial charge is 0.319 e. The minimum absolute atomic E-state index is 0.0413. The summed E-state index contributed by atoms with van der Waals surface area (Å²) in [5, 5.41) is 0. The van der Waals surface area contributed by atoms with Crippen molar-refractivity contribution in [3.8, 4) is 0 Å². The molecule has 0 aliphatic heterocycles. The molecule has 1 aromatic heterocycles. The normalized spacial score (nSPS) is 18.2. The lowest BCUT2D eigenvalue weighted by atomic mass is 10.0. The number of amides is 1. The summed E-state index contributed by atoms with van der Waals surface area (Å²) in [5.74, 6) is 0.443. The van der Waals surface area contributed by atoms with Crippen LogP contribution in [0.1, 0.15) is 31.6 Å². The summed E-state index contributed by atoms with van der Waals surface area (Å²) in [6.07, 6.45) is 9.09. The number of carbonyl (C=O) groups is 1. The third-order valence-corrected chi connectivity index (χ3v) is 3.31. The summed E-state index contributed by atoms with van der Waals surface area (Å²) in [4.78, 5) is 17.3. The van der Waals surface area contributed by atoms with Crippen molar-refractivity contribution in [1.29, 1.82) is 0 Å². The summed E-state index contributed by atoms with van der Waals surface area (Å²) < 4.78 is 26.1. The Hall–Kier alpha value is -1.72. The summed E-state index contributed by atoms with van der Waals surface area (Å²) >= 11 is 0. The van der Waals surface area contributed by atoms with E-state index in [9.17, 15) is 13.6 Å². The molecule has 0 spiro atoms. The quantitative estimate of drug-likeness (QED) is 0.771. The molecular formula is C13H17F2N3O. The number of nitrogens with zero attached hydrogens (tertiary/aromatic N) is 3. The third-order valence-electron chi connectivity index (χ3n) is 3.31. The van der Waals surface area contributed by atoms with E-state index in [-0.39, 0.29) is 24.2 Å². The molecule has 4 nitrogen and oxygen atoms in total. The number of aromatic nitrogens is 2. The lowest BCUT2D eigenvalue weighted by Crippen LogP contribution is -2.29. The molecule has 0 fully saturated rings. The van der Waals surface area contributed by atoms with Gasteiger partial charge >= 0.3 is 6.55 Å². The first-order chi connectivity index (χ1) is 9.08. The molecule has 1 atom stereocenters. The highest BCUT2D eigenvalue weighted by atomic mass is 19.3. The van der Waals surface area contributed by atoms with Crippen LogP contribution in [-0.4, -0.2) is 27.4 Å². The van der Waals surface area contributed by atoms with Gasteiger partial charge in [-0.25, -0.2) is 4.98 Å². The van der Waals surface area contributed by atoms with Crippen LogP contribution in [0.4, 0.5) is 8.78 Å². The molecule has 104 valence electrons. The number of carbonyl (C=O) groups excluding carboxylic acids is 1. The van der Waals surface area contributed by atoms with Gasteiger partial charge in [0, 0.05) is 25.9 Å². The number of alkyl halides is 2. The van der Waals surface area contributed by atoms with Gasteiger partial charge in [-0.3, -0.25) is 9.36 Å². The average molecular weight is 269 g/mol. The zero-order valence-electron chi connectivity index (χ0n) is 10.8. The van der Waals surface area contributed by atoms with Gasteiger partial charge in [-0.2, -0.15) is 8.78 Å². The van der Waals surface area contributed by atoms with Crippen molar-refractivity contribution < 1.29 is 13.6 Å². The number of rotatable bonds is 5. The summed E-state index contributed by atoms with van der Waals surface area (Å²) in [7, 11) is 1.62. The summed E-state index contributed by atoms with van der Waals surface area (Å²) in [6, 6.07) is 0. The van der Waals surface area contributed by atoms with Gasteiger partial charge in [0.05, 0.1) is 6.54 Å². The monoisotopic (exact) mass is 269 g/mol. The first-order valence-electron chi connectivity index (χ1n) is 6.28. The minimum atomic E-state index is -2.63. The Kier molecular flexibility index (Phi) is 4.29. The fraction of sp³-hybridized carbons (Fsp3) is 0.538. The molecule has 0 bridgehead atoms. The molecule has 0 aromatic carbocycles. The summed E-state index contributed by atoms with van der Waals surface area (Å²) in [6.45, 7) is -2.52. The van der Waals surface area contributed by atoms with Crippen molar-refractivity contribution in [2.24, 2.45) is 5.92 Å². The van der Waals surface area contributed by atoms with Crippen LogP contribution in [0.2, 0.25) is 0 Å². The van der Waals surface area contributed by atoms with Crippen LogP contribution in [0.15, 0.2) is 24.5 Å². The van der Waals surface area contributed by atoms with Crippen LogP contribution >= 0.6 is 0 Å². The van der Waals surface area contributed by atoms with E-state index in [2.05, 4.69) is 11.1 Å². The van der Waals surface area contributed by atoms with E-state index < -0.39 is 6.55 Å². The number of allylic oxidation sites excluding steroid dienone is 2. The van der Waals surface area contributed by atoms with Crippen molar-refractivity contribution in [3.05, 3.63) is 30.4 Å². The van der Waals surface area contributed by atoms with E-state index in [4.69, 9.17) is 0 Å². The molecule has 1 amide bonds. The van der Waals surface area contributed by atoms with Crippen LogP contribution in [-0.2, 0) is 11.3 Å². The van der Waals surface area contributed by atoms with Gasteiger partial charge < -0.3 is 4.90 Å². The van der Waals surface area contributed by atoms with E-state index in [0.717, 1.165) is 17.4 Å². The molecule has 1 aromatic rings. The SMILES string of the molecule is CN(Cc1nccn1C(F)F)C(=O)CC1C=CCC1. The number of imidazole rings is 1. The Morgan fingerprint density at radius 2 is 2.42 bits per heavy atom. The number of halogens is 2. The Morgan fingerprint density at radius 3 is 3.05 bits per heavy atom. The predicted molar refractivity (Wildman–Crippen MR) is 66.4 cm³/mol. The third kappa shape index (κ3) is 3.39. The standard InChI is InChI=1S/C13H17F2N3O/c1-17(12(19)8-10-4-2-3-5-10)9-11-16-6-7-18(11)13(14)15/h2,4,6-7,10,13H,3,5,8-9H2,1H3. The van der Waals surface area contributed by atoms with Gasteiger partial charge in [-0.1, -0.05) is 12.2 Å². The molecule has 0 N–H and O–H groups in total. The van der Waals surface area contributed by atoms with Gasteiger partial charge in [0.25, 0.3) is 0 Å². The Balaban J connectivity index is 1.92. The van der Waals surface area contributed by atoms with Crippen molar-refractivity contribution in [2.75, 3.05) is 7.05 Å². The van der Waals surface area contributed by atoms with Gasteiger partial charge in [-0.05, 0) is 18.8 Å². The maximum absolute atomic E-state index is 12.7. The molecule has 1 unspecified atom stereocenters. The molecule has 0 saturated carbocycles. The molecule has 1 aliphatic rings. The lowest BCUT2D eigenvalue weighted by Gasteiger charge is -2.19. The molecule has 6 heteroatoms. The highest BCUT2D eigenvalue weighted by Crippen LogP contribution is 2.21. The Labute approximate surface area is 110 Å².